The predicted octanol–water partition coefficient (Wildman–Crippen LogP) is 2.58. The number of hydrogen-bond acceptors (Lipinski definition) is 3. The van der Waals surface area contributed by atoms with Gasteiger partial charge >= 0.3 is 15.5 Å². The van der Waals surface area contributed by atoms with E-state index >= 15 is 0 Å². The van der Waals surface area contributed by atoms with E-state index in [1.165, 1.54) is 6.07 Å². The van der Waals surface area contributed by atoms with Crippen LogP contribution in [0.4, 0.5) is 17.6 Å². The number of aliphatic imine (C=N–C) groups is 1. The minimum absolute atomic E-state index is 0.215. The Kier molecular flexibility index (Phi) is 7.15. The first-order chi connectivity index (χ1) is 13.4. The second kappa shape index (κ2) is 8.86. The van der Waals surface area contributed by atoms with E-state index in [9.17, 15) is 26.0 Å². The lowest BCUT2D eigenvalue weighted by Gasteiger charge is -2.33. The monoisotopic (exact) mass is 438 g/mol. The zero-order chi connectivity index (χ0) is 21.9. The third-order valence-electron chi connectivity index (χ3n) is 4.95. The van der Waals surface area contributed by atoms with Crippen LogP contribution in [0.3, 0.4) is 0 Å². The molecule has 1 aromatic carbocycles. The van der Waals surface area contributed by atoms with E-state index < -0.39 is 20.9 Å². The highest BCUT2D eigenvalue weighted by Gasteiger charge is 2.50. The molecule has 1 aliphatic rings. The van der Waals surface area contributed by atoms with Gasteiger partial charge in [0.1, 0.15) is 5.82 Å². The van der Waals surface area contributed by atoms with Crippen molar-refractivity contribution in [3.63, 3.8) is 0 Å². The molecular weight excluding hydrogens is 412 g/mol. The molecule has 0 atom stereocenters. The Bertz CT molecular complexity index is 833. The second-order valence-electron chi connectivity index (χ2n) is 7.56. The van der Waals surface area contributed by atoms with Crippen LogP contribution in [0.5, 0.6) is 0 Å². The average Bonchev–Trinajstić information content (AvgIpc) is 2.64. The van der Waals surface area contributed by atoms with Gasteiger partial charge in [0.2, 0.25) is 0 Å². The standard InChI is InChI=1S/C18H26F4N4O2S/c1-17(2,14-6-4-5-7-15(14)19)12-24-16(23-3)25-13-8-10-26(11-9-13)29(27,28)18(20,21)22/h4-7,13H,8-12H2,1-3H3,(H2,23,24,25). The van der Waals surface area contributed by atoms with Crippen LogP contribution >= 0.6 is 0 Å². The maximum Gasteiger partial charge on any atom is 0.511 e. The molecule has 0 amide bonds. The first-order valence-corrected chi connectivity index (χ1v) is 10.6. The largest absolute Gasteiger partial charge is 0.511 e. The molecule has 2 rings (SSSR count). The van der Waals surface area contributed by atoms with Gasteiger partial charge in [0.25, 0.3) is 0 Å². The maximum absolute atomic E-state index is 14.1. The van der Waals surface area contributed by atoms with E-state index in [1.54, 1.807) is 25.2 Å². The molecular formula is C18H26F4N4O2S. The Morgan fingerprint density at radius 3 is 2.31 bits per heavy atom. The highest BCUT2D eigenvalue weighted by molar-refractivity contribution is 7.90. The molecule has 0 aliphatic carbocycles. The minimum atomic E-state index is -5.30. The number of nitrogens with zero attached hydrogens (tertiary/aromatic N) is 2. The number of halogens is 4. The van der Waals surface area contributed by atoms with Gasteiger partial charge in [-0.2, -0.15) is 17.5 Å². The Morgan fingerprint density at radius 1 is 1.21 bits per heavy atom. The van der Waals surface area contributed by atoms with Crippen LogP contribution in [0.15, 0.2) is 29.3 Å². The minimum Gasteiger partial charge on any atom is -0.356 e. The second-order valence-corrected chi connectivity index (χ2v) is 9.49. The number of rotatable bonds is 5. The van der Waals surface area contributed by atoms with Crippen LogP contribution in [0.1, 0.15) is 32.3 Å². The molecule has 0 bridgehead atoms. The number of benzene rings is 1. The molecule has 2 N–H and O–H groups in total. The molecule has 29 heavy (non-hydrogen) atoms. The van der Waals surface area contributed by atoms with Crippen molar-refractivity contribution < 1.29 is 26.0 Å². The molecule has 0 spiro atoms. The van der Waals surface area contributed by atoms with Gasteiger partial charge in [-0.25, -0.2) is 12.8 Å². The molecule has 6 nitrogen and oxygen atoms in total. The van der Waals surface area contributed by atoms with Crippen LogP contribution in [-0.4, -0.2) is 56.9 Å². The van der Waals surface area contributed by atoms with E-state index in [0.29, 0.717) is 22.4 Å². The number of nitrogens with one attached hydrogen (secondary N) is 2. The zero-order valence-electron chi connectivity index (χ0n) is 16.6. The van der Waals surface area contributed by atoms with Crippen molar-refractivity contribution in [3.8, 4) is 0 Å². The Labute approximate surface area is 168 Å². The highest BCUT2D eigenvalue weighted by atomic mass is 32.2. The van der Waals surface area contributed by atoms with Gasteiger partial charge in [0.05, 0.1) is 0 Å². The summed E-state index contributed by atoms with van der Waals surface area (Å²) in [6.45, 7) is 3.68. The van der Waals surface area contributed by atoms with Crippen molar-refractivity contribution in [3.05, 3.63) is 35.6 Å². The van der Waals surface area contributed by atoms with Gasteiger partial charge in [0, 0.05) is 38.1 Å². The van der Waals surface area contributed by atoms with E-state index in [0.717, 1.165) is 0 Å². The fourth-order valence-corrected chi connectivity index (χ4v) is 4.17. The predicted molar refractivity (Wildman–Crippen MR) is 103 cm³/mol. The summed E-state index contributed by atoms with van der Waals surface area (Å²) in [7, 11) is -3.75. The number of piperidine rings is 1. The number of hydrogen-bond donors (Lipinski definition) is 2. The summed E-state index contributed by atoms with van der Waals surface area (Å²) >= 11 is 0. The van der Waals surface area contributed by atoms with Crippen molar-refractivity contribution in [2.75, 3.05) is 26.7 Å². The van der Waals surface area contributed by atoms with E-state index in [2.05, 4.69) is 15.6 Å². The SMILES string of the molecule is CN=C(NCC(C)(C)c1ccccc1F)NC1CCN(S(=O)(=O)C(F)(F)F)CC1. The van der Waals surface area contributed by atoms with Crippen LogP contribution in [0, 0.1) is 5.82 Å². The highest BCUT2D eigenvalue weighted by Crippen LogP contribution is 2.29. The lowest BCUT2D eigenvalue weighted by Crippen LogP contribution is -2.52. The maximum atomic E-state index is 14.1. The summed E-state index contributed by atoms with van der Waals surface area (Å²) in [4.78, 5) is 4.10. The van der Waals surface area contributed by atoms with E-state index in [-0.39, 0.29) is 37.8 Å². The third-order valence-corrected chi connectivity index (χ3v) is 6.58. The van der Waals surface area contributed by atoms with Crippen LogP contribution in [0.25, 0.3) is 0 Å². The van der Waals surface area contributed by atoms with Gasteiger partial charge < -0.3 is 10.6 Å². The van der Waals surface area contributed by atoms with Crippen LogP contribution < -0.4 is 10.6 Å². The van der Waals surface area contributed by atoms with Gasteiger partial charge in [-0.05, 0) is 24.5 Å². The van der Waals surface area contributed by atoms with Crippen LogP contribution in [0.2, 0.25) is 0 Å². The quantitative estimate of drug-likeness (QED) is 0.421. The summed E-state index contributed by atoms with van der Waals surface area (Å²) in [6.07, 6.45) is 0.430. The summed E-state index contributed by atoms with van der Waals surface area (Å²) < 4.78 is 75.5. The molecule has 1 saturated heterocycles. The average molecular weight is 438 g/mol. The van der Waals surface area contributed by atoms with Gasteiger partial charge in [0.15, 0.2) is 5.96 Å². The molecule has 1 aliphatic heterocycles. The topological polar surface area (TPSA) is 73.8 Å². The van der Waals surface area contributed by atoms with Crippen molar-refractivity contribution in [1.29, 1.82) is 0 Å². The van der Waals surface area contributed by atoms with E-state index in [1.807, 2.05) is 13.8 Å². The fourth-order valence-electron chi connectivity index (χ4n) is 3.18. The van der Waals surface area contributed by atoms with Crippen molar-refractivity contribution in [1.82, 2.24) is 14.9 Å². The summed E-state index contributed by atoms with van der Waals surface area (Å²) in [5.74, 6) is 0.118. The molecule has 0 radical (unpaired) electrons. The zero-order valence-corrected chi connectivity index (χ0v) is 17.4. The summed E-state index contributed by atoms with van der Waals surface area (Å²) in [6, 6.07) is 6.26. The summed E-state index contributed by atoms with van der Waals surface area (Å²) in [5, 5.41) is 6.21. The first kappa shape index (κ1) is 23.4. The molecule has 0 saturated carbocycles. The molecule has 1 heterocycles. The van der Waals surface area contributed by atoms with Gasteiger partial charge in [-0.3, -0.25) is 4.99 Å². The van der Waals surface area contributed by atoms with Crippen molar-refractivity contribution in [2.45, 2.75) is 43.7 Å². The Balaban J connectivity index is 1.91. The van der Waals surface area contributed by atoms with Gasteiger partial charge in [-0.1, -0.05) is 32.0 Å². The lowest BCUT2D eigenvalue weighted by atomic mass is 9.84. The smallest absolute Gasteiger partial charge is 0.356 e. The Morgan fingerprint density at radius 2 is 1.79 bits per heavy atom. The first-order valence-electron chi connectivity index (χ1n) is 9.17. The van der Waals surface area contributed by atoms with Gasteiger partial charge in [-0.15, -0.1) is 0 Å². The number of guanidine groups is 1. The number of alkyl halides is 3. The molecule has 0 aromatic heterocycles. The molecule has 11 heteroatoms. The summed E-state index contributed by atoms with van der Waals surface area (Å²) in [5.41, 5.74) is -5.27. The third kappa shape index (κ3) is 5.59. The van der Waals surface area contributed by atoms with Crippen molar-refractivity contribution >= 4 is 16.0 Å². The molecule has 1 fully saturated rings. The normalized spacial score (nSPS) is 18.0. The Hall–Kier alpha value is -1.88. The molecule has 0 unspecified atom stereocenters. The van der Waals surface area contributed by atoms with Crippen molar-refractivity contribution in [2.24, 2.45) is 4.99 Å². The number of sulfonamides is 1. The lowest BCUT2D eigenvalue weighted by molar-refractivity contribution is -0.0494. The molecule has 1 aromatic rings. The van der Waals surface area contributed by atoms with Crippen LogP contribution in [-0.2, 0) is 15.4 Å². The van der Waals surface area contributed by atoms with E-state index in [4.69, 9.17) is 0 Å². The fraction of sp³-hybridized carbons (Fsp3) is 0.611. The molecule has 164 valence electrons.